The number of aliphatic carboxylic acids is 1. The number of likely N-dealkylation sites (tertiary alicyclic amines) is 1. The third-order valence-electron chi connectivity index (χ3n) is 4.80. The maximum Gasteiger partial charge on any atom is 0.410 e. The van der Waals surface area contributed by atoms with Crippen LogP contribution in [0.1, 0.15) is 45.6 Å². The Bertz CT molecular complexity index is 698. The highest BCUT2D eigenvalue weighted by atomic mass is 16.6. The molecule has 1 aromatic rings. The lowest BCUT2D eigenvalue weighted by atomic mass is 10.0. The van der Waals surface area contributed by atoms with Crippen molar-refractivity contribution in [2.75, 3.05) is 13.6 Å². The van der Waals surface area contributed by atoms with E-state index >= 15 is 0 Å². The van der Waals surface area contributed by atoms with Crippen LogP contribution in [0.15, 0.2) is 30.3 Å². The predicted octanol–water partition coefficient (Wildman–Crippen LogP) is 2.93. The van der Waals surface area contributed by atoms with Gasteiger partial charge in [0.2, 0.25) is 5.91 Å². The normalized spacial score (nSPS) is 17.9. The number of nitrogens with zero attached hydrogens (tertiary/aromatic N) is 2. The van der Waals surface area contributed by atoms with Crippen LogP contribution in [0.4, 0.5) is 4.79 Å². The van der Waals surface area contributed by atoms with Crippen LogP contribution in [-0.2, 0) is 20.7 Å². The molecule has 1 fully saturated rings. The zero-order chi connectivity index (χ0) is 20.9. The highest BCUT2D eigenvalue weighted by molar-refractivity contribution is 5.89. The van der Waals surface area contributed by atoms with E-state index in [0.29, 0.717) is 32.2 Å². The van der Waals surface area contributed by atoms with Crippen molar-refractivity contribution in [3.05, 3.63) is 35.9 Å². The molecular weight excluding hydrogens is 360 g/mol. The van der Waals surface area contributed by atoms with E-state index in [-0.39, 0.29) is 5.91 Å². The van der Waals surface area contributed by atoms with Crippen molar-refractivity contribution in [1.82, 2.24) is 9.80 Å². The molecule has 1 heterocycles. The molecule has 1 N–H and O–H groups in total. The molecule has 154 valence electrons. The molecule has 0 radical (unpaired) electrons. The van der Waals surface area contributed by atoms with Crippen molar-refractivity contribution in [1.29, 1.82) is 0 Å². The first-order valence-corrected chi connectivity index (χ1v) is 9.63. The van der Waals surface area contributed by atoms with Crippen LogP contribution in [0.25, 0.3) is 0 Å². The van der Waals surface area contributed by atoms with Gasteiger partial charge in [-0.3, -0.25) is 9.69 Å². The number of amides is 2. The zero-order valence-corrected chi connectivity index (χ0v) is 17.1. The fraction of sp³-hybridized carbons (Fsp3) is 0.571. The van der Waals surface area contributed by atoms with Crippen molar-refractivity contribution in [3.63, 3.8) is 0 Å². The standard InChI is InChI=1S/C21H30N2O5/c1-21(2,3)28-20(27)22(4)16(13-12-15-9-6-5-7-10-15)18(24)23-14-8-11-17(23)19(25)26/h5-7,9-10,16-17H,8,11-14H2,1-4H3,(H,25,26)/t16?,17-/m0/s1. The average Bonchev–Trinajstić information content (AvgIpc) is 3.11. The van der Waals surface area contributed by atoms with Gasteiger partial charge in [-0.15, -0.1) is 0 Å². The smallest absolute Gasteiger partial charge is 0.410 e. The Labute approximate surface area is 166 Å². The van der Waals surface area contributed by atoms with Crippen molar-refractivity contribution in [2.45, 2.75) is 64.1 Å². The third-order valence-corrected chi connectivity index (χ3v) is 4.80. The van der Waals surface area contributed by atoms with Gasteiger partial charge in [0.1, 0.15) is 17.7 Å². The lowest BCUT2D eigenvalue weighted by molar-refractivity contribution is -0.150. The van der Waals surface area contributed by atoms with Gasteiger partial charge in [-0.1, -0.05) is 30.3 Å². The summed E-state index contributed by atoms with van der Waals surface area (Å²) in [6.45, 7) is 5.68. The highest BCUT2D eigenvalue weighted by Crippen LogP contribution is 2.22. The molecule has 1 unspecified atom stereocenters. The minimum absolute atomic E-state index is 0.339. The number of ether oxygens (including phenoxy) is 1. The molecule has 2 atom stereocenters. The number of hydrogen-bond acceptors (Lipinski definition) is 4. The molecule has 0 aromatic heterocycles. The summed E-state index contributed by atoms with van der Waals surface area (Å²) in [6.07, 6.45) is 1.47. The van der Waals surface area contributed by atoms with Gasteiger partial charge < -0.3 is 14.7 Å². The van der Waals surface area contributed by atoms with Gasteiger partial charge in [-0.2, -0.15) is 0 Å². The Hall–Kier alpha value is -2.57. The summed E-state index contributed by atoms with van der Waals surface area (Å²) in [7, 11) is 1.54. The van der Waals surface area contributed by atoms with E-state index in [1.165, 1.54) is 16.8 Å². The summed E-state index contributed by atoms with van der Waals surface area (Å²) >= 11 is 0. The number of aryl methyl sites for hydroxylation is 1. The zero-order valence-electron chi connectivity index (χ0n) is 17.1. The predicted molar refractivity (Wildman–Crippen MR) is 105 cm³/mol. The minimum atomic E-state index is -1.01. The molecule has 1 aliphatic rings. The summed E-state index contributed by atoms with van der Waals surface area (Å²) in [4.78, 5) is 40.0. The molecule has 7 heteroatoms. The summed E-state index contributed by atoms with van der Waals surface area (Å²) < 4.78 is 5.42. The number of carbonyl (C=O) groups excluding carboxylic acids is 2. The summed E-state index contributed by atoms with van der Waals surface area (Å²) in [5, 5.41) is 9.42. The number of likely N-dealkylation sites (N-methyl/N-ethyl adjacent to an activating group) is 1. The molecule has 0 saturated carbocycles. The summed E-state index contributed by atoms with van der Waals surface area (Å²) in [5.74, 6) is -1.35. The molecule has 0 bridgehead atoms. The van der Waals surface area contributed by atoms with E-state index in [1.807, 2.05) is 30.3 Å². The Balaban J connectivity index is 2.20. The van der Waals surface area contributed by atoms with E-state index in [4.69, 9.17) is 4.74 Å². The van der Waals surface area contributed by atoms with Crippen LogP contribution in [0.3, 0.4) is 0 Å². The van der Waals surface area contributed by atoms with Gasteiger partial charge in [0, 0.05) is 13.6 Å². The van der Waals surface area contributed by atoms with E-state index < -0.39 is 29.7 Å². The number of carboxylic acids is 1. The number of hydrogen-bond donors (Lipinski definition) is 1. The van der Waals surface area contributed by atoms with Crippen LogP contribution in [-0.4, -0.2) is 64.2 Å². The summed E-state index contributed by atoms with van der Waals surface area (Å²) in [5.41, 5.74) is 0.365. The molecule has 1 saturated heterocycles. The van der Waals surface area contributed by atoms with Crippen LogP contribution in [0, 0.1) is 0 Å². The van der Waals surface area contributed by atoms with Crippen LogP contribution in [0.5, 0.6) is 0 Å². The van der Waals surface area contributed by atoms with Gasteiger partial charge in [-0.25, -0.2) is 9.59 Å². The number of carboxylic acid groups (broad SMARTS) is 1. The van der Waals surface area contributed by atoms with E-state index in [2.05, 4.69) is 0 Å². The fourth-order valence-corrected chi connectivity index (χ4v) is 3.37. The lowest BCUT2D eigenvalue weighted by Gasteiger charge is -2.33. The minimum Gasteiger partial charge on any atom is -0.480 e. The van der Waals surface area contributed by atoms with Crippen molar-refractivity contribution >= 4 is 18.0 Å². The van der Waals surface area contributed by atoms with Gasteiger partial charge >= 0.3 is 12.1 Å². The largest absolute Gasteiger partial charge is 0.480 e. The number of rotatable bonds is 6. The second kappa shape index (κ2) is 9.08. The van der Waals surface area contributed by atoms with Gasteiger partial charge in [0.05, 0.1) is 0 Å². The number of carbonyl (C=O) groups is 3. The Morgan fingerprint density at radius 2 is 1.89 bits per heavy atom. The van der Waals surface area contributed by atoms with E-state index in [9.17, 15) is 19.5 Å². The lowest BCUT2D eigenvalue weighted by Crippen LogP contribution is -2.53. The topological polar surface area (TPSA) is 87.2 Å². The number of benzene rings is 1. The maximum atomic E-state index is 13.2. The molecule has 0 spiro atoms. The third kappa shape index (κ3) is 5.71. The fourth-order valence-electron chi connectivity index (χ4n) is 3.37. The van der Waals surface area contributed by atoms with Crippen molar-refractivity contribution < 1.29 is 24.2 Å². The molecule has 2 rings (SSSR count). The average molecular weight is 390 g/mol. The first-order valence-electron chi connectivity index (χ1n) is 9.63. The van der Waals surface area contributed by atoms with Gasteiger partial charge in [0.25, 0.3) is 0 Å². The SMILES string of the molecule is CN(C(=O)OC(C)(C)C)C(CCc1ccccc1)C(=O)N1CCC[C@H]1C(=O)O. The Kier molecular flexibility index (Phi) is 7.05. The molecule has 1 aliphatic heterocycles. The monoisotopic (exact) mass is 390 g/mol. The molecular formula is C21H30N2O5. The second-order valence-electron chi connectivity index (χ2n) is 8.16. The van der Waals surface area contributed by atoms with Crippen LogP contribution >= 0.6 is 0 Å². The molecule has 28 heavy (non-hydrogen) atoms. The molecule has 0 aliphatic carbocycles. The van der Waals surface area contributed by atoms with Gasteiger partial charge in [0.15, 0.2) is 0 Å². The highest BCUT2D eigenvalue weighted by Gasteiger charge is 2.40. The molecule has 1 aromatic carbocycles. The first-order chi connectivity index (χ1) is 13.1. The van der Waals surface area contributed by atoms with E-state index in [1.54, 1.807) is 20.8 Å². The van der Waals surface area contributed by atoms with E-state index in [0.717, 1.165) is 5.56 Å². The van der Waals surface area contributed by atoms with Gasteiger partial charge in [-0.05, 0) is 52.0 Å². The second-order valence-corrected chi connectivity index (χ2v) is 8.16. The van der Waals surface area contributed by atoms with Crippen molar-refractivity contribution in [3.8, 4) is 0 Å². The Morgan fingerprint density at radius 3 is 2.46 bits per heavy atom. The van der Waals surface area contributed by atoms with Crippen LogP contribution < -0.4 is 0 Å². The molecule has 2 amide bonds. The van der Waals surface area contributed by atoms with Crippen molar-refractivity contribution in [2.24, 2.45) is 0 Å². The Morgan fingerprint density at radius 1 is 1.25 bits per heavy atom. The first kappa shape index (κ1) is 21.7. The molecule has 7 nitrogen and oxygen atoms in total. The van der Waals surface area contributed by atoms with Crippen LogP contribution in [0.2, 0.25) is 0 Å². The maximum absolute atomic E-state index is 13.2. The summed E-state index contributed by atoms with van der Waals surface area (Å²) in [6, 6.07) is 8.07. The quantitative estimate of drug-likeness (QED) is 0.807.